The molecule has 4 rings (SSSR count). The number of carboxylic acid groups (broad SMARTS) is 1. The van der Waals surface area contributed by atoms with Gasteiger partial charge in [-0.2, -0.15) is 0 Å². The van der Waals surface area contributed by atoms with Crippen LogP contribution in [0.1, 0.15) is 55.4 Å². The average Bonchev–Trinajstić information content (AvgIpc) is 3.16. The zero-order valence-electron chi connectivity index (χ0n) is 18.0. The van der Waals surface area contributed by atoms with Crippen LogP contribution < -0.4 is 4.31 Å². The molecule has 6 nitrogen and oxygen atoms in total. The lowest BCUT2D eigenvalue weighted by Crippen LogP contribution is -2.42. The Bertz CT molecular complexity index is 1090. The van der Waals surface area contributed by atoms with E-state index < -0.39 is 23.3 Å². The molecular formula is C25H29NO5S. The molecule has 7 heteroatoms. The minimum absolute atomic E-state index is 0.295. The summed E-state index contributed by atoms with van der Waals surface area (Å²) < 4.78 is 29.3. The van der Waals surface area contributed by atoms with E-state index in [1.807, 2.05) is 24.3 Å². The Hall–Kier alpha value is -2.64. The van der Waals surface area contributed by atoms with E-state index in [4.69, 9.17) is 4.42 Å². The SMILES string of the molecule is O=C(O)C(CCCCCc1ccccc1)N(c1ccc2c3c(oc2c1)CCCC3)S(=O)O. The number of rotatable bonds is 10. The van der Waals surface area contributed by atoms with Gasteiger partial charge in [0.15, 0.2) is 0 Å². The Morgan fingerprint density at radius 2 is 1.84 bits per heavy atom. The molecule has 0 saturated carbocycles. The number of fused-ring (bicyclic) bond motifs is 3. The fourth-order valence-corrected chi connectivity index (χ4v) is 5.31. The molecule has 0 saturated heterocycles. The normalized spacial score (nSPS) is 15.3. The summed E-state index contributed by atoms with van der Waals surface area (Å²) in [6.07, 6.45) is 7.79. The number of unbranched alkanes of at least 4 members (excludes halogenated alkanes) is 2. The van der Waals surface area contributed by atoms with Gasteiger partial charge in [-0.25, -0.2) is 9.00 Å². The highest BCUT2D eigenvalue weighted by atomic mass is 32.2. The summed E-state index contributed by atoms with van der Waals surface area (Å²) in [5.41, 5.74) is 3.51. The van der Waals surface area contributed by atoms with Crippen LogP contribution in [0.15, 0.2) is 52.9 Å². The molecule has 0 aliphatic heterocycles. The Kier molecular flexibility index (Phi) is 7.27. The highest BCUT2D eigenvalue weighted by Crippen LogP contribution is 2.35. The number of carbonyl (C=O) groups is 1. The Morgan fingerprint density at radius 1 is 1.06 bits per heavy atom. The first kappa shape index (κ1) is 22.6. The first-order valence-electron chi connectivity index (χ1n) is 11.3. The van der Waals surface area contributed by atoms with Crippen molar-refractivity contribution in [2.45, 2.75) is 63.8 Å². The molecule has 2 unspecified atom stereocenters. The summed E-state index contributed by atoms with van der Waals surface area (Å²) in [5, 5.41) is 10.8. The molecule has 3 aromatic rings. The topological polar surface area (TPSA) is 91.0 Å². The predicted octanol–water partition coefficient (Wildman–Crippen LogP) is 5.51. The molecule has 2 atom stereocenters. The third-order valence-electron chi connectivity index (χ3n) is 6.22. The van der Waals surface area contributed by atoms with Crippen LogP contribution in [0.4, 0.5) is 5.69 Å². The van der Waals surface area contributed by atoms with Crippen LogP contribution in [0.25, 0.3) is 11.0 Å². The van der Waals surface area contributed by atoms with E-state index in [0.29, 0.717) is 24.1 Å². The Morgan fingerprint density at radius 3 is 2.59 bits per heavy atom. The number of aryl methyl sites for hydroxylation is 3. The van der Waals surface area contributed by atoms with Gasteiger partial charge in [-0.3, -0.25) is 8.86 Å². The summed E-state index contributed by atoms with van der Waals surface area (Å²) in [6.45, 7) is 0. The van der Waals surface area contributed by atoms with Gasteiger partial charge in [-0.05, 0) is 56.2 Å². The second-order valence-corrected chi connectivity index (χ2v) is 9.24. The zero-order chi connectivity index (χ0) is 22.5. The molecule has 2 aromatic carbocycles. The minimum Gasteiger partial charge on any atom is -0.480 e. The van der Waals surface area contributed by atoms with Crippen LogP contribution in [0, 0.1) is 0 Å². The van der Waals surface area contributed by atoms with Gasteiger partial charge in [-0.15, -0.1) is 0 Å². The van der Waals surface area contributed by atoms with Crippen molar-refractivity contribution in [1.29, 1.82) is 0 Å². The summed E-state index contributed by atoms with van der Waals surface area (Å²) in [5.74, 6) is -0.123. The minimum atomic E-state index is -2.46. The van der Waals surface area contributed by atoms with Gasteiger partial charge in [0.2, 0.25) is 0 Å². The summed E-state index contributed by atoms with van der Waals surface area (Å²) >= 11 is -2.46. The number of hydrogen-bond acceptors (Lipinski definition) is 3. The van der Waals surface area contributed by atoms with Crippen molar-refractivity contribution < 1.29 is 23.1 Å². The van der Waals surface area contributed by atoms with Crippen molar-refractivity contribution >= 4 is 33.9 Å². The molecule has 2 N–H and O–H groups in total. The number of carboxylic acids is 1. The largest absolute Gasteiger partial charge is 0.480 e. The molecule has 0 spiro atoms. The van der Waals surface area contributed by atoms with Crippen LogP contribution in [-0.4, -0.2) is 25.9 Å². The maximum Gasteiger partial charge on any atom is 0.327 e. The van der Waals surface area contributed by atoms with Crippen molar-refractivity contribution in [3.63, 3.8) is 0 Å². The lowest BCUT2D eigenvalue weighted by molar-refractivity contribution is -0.138. The number of anilines is 1. The quantitative estimate of drug-likeness (QED) is 0.311. The second kappa shape index (κ2) is 10.3. The van der Waals surface area contributed by atoms with Crippen molar-refractivity contribution in [1.82, 2.24) is 0 Å². The van der Waals surface area contributed by atoms with E-state index in [0.717, 1.165) is 60.4 Å². The number of benzene rings is 2. The van der Waals surface area contributed by atoms with Crippen LogP contribution >= 0.6 is 0 Å². The summed E-state index contributed by atoms with van der Waals surface area (Å²) in [4.78, 5) is 12.0. The van der Waals surface area contributed by atoms with E-state index in [1.165, 1.54) is 11.1 Å². The average molecular weight is 456 g/mol. The van der Waals surface area contributed by atoms with E-state index >= 15 is 0 Å². The molecule has 1 aliphatic carbocycles. The first-order valence-corrected chi connectivity index (χ1v) is 12.3. The van der Waals surface area contributed by atoms with Gasteiger partial charge in [0.05, 0.1) is 5.69 Å². The summed E-state index contributed by atoms with van der Waals surface area (Å²) in [7, 11) is 0. The van der Waals surface area contributed by atoms with Crippen LogP contribution in [0.3, 0.4) is 0 Å². The number of furan rings is 1. The molecule has 32 heavy (non-hydrogen) atoms. The Labute approximate surface area is 190 Å². The third kappa shape index (κ3) is 5.05. The first-order chi connectivity index (χ1) is 15.5. The lowest BCUT2D eigenvalue weighted by atomic mass is 9.96. The number of hydrogen-bond donors (Lipinski definition) is 2. The number of nitrogens with zero attached hydrogens (tertiary/aromatic N) is 1. The molecule has 1 aromatic heterocycles. The van der Waals surface area contributed by atoms with Gasteiger partial charge < -0.3 is 9.52 Å². The predicted molar refractivity (Wildman–Crippen MR) is 126 cm³/mol. The van der Waals surface area contributed by atoms with E-state index in [2.05, 4.69) is 12.1 Å². The van der Waals surface area contributed by atoms with E-state index in [9.17, 15) is 18.7 Å². The van der Waals surface area contributed by atoms with Crippen molar-refractivity contribution in [3.05, 3.63) is 65.4 Å². The molecule has 0 bridgehead atoms. The van der Waals surface area contributed by atoms with Crippen molar-refractivity contribution in [2.75, 3.05) is 4.31 Å². The highest BCUT2D eigenvalue weighted by Gasteiger charge is 2.30. The molecule has 1 heterocycles. The van der Waals surface area contributed by atoms with Gasteiger partial charge in [0, 0.05) is 23.4 Å². The fraction of sp³-hybridized carbons (Fsp3) is 0.400. The van der Waals surface area contributed by atoms with Gasteiger partial charge in [-0.1, -0.05) is 43.2 Å². The lowest BCUT2D eigenvalue weighted by Gasteiger charge is -2.26. The zero-order valence-corrected chi connectivity index (χ0v) is 18.9. The number of aliphatic carboxylic acids is 1. The van der Waals surface area contributed by atoms with Crippen molar-refractivity contribution in [3.8, 4) is 0 Å². The van der Waals surface area contributed by atoms with Gasteiger partial charge in [0.1, 0.15) is 17.4 Å². The maximum absolute atomic E-state index is 12.2. The molecule has 0 radical (unpaired) electrons. The molecule has 0 fully saturated rings. The summed E-state index contributed by atoms with van der Waals surface area (Å²) in [6, 6.07) is 14.4. The molecule has 170 valence electrons. The highest BCUT2D eigenvalue weighted by molar-refractivity contribution is 7.80. The van der Waals surface area contributed by atoms with Gasteiger partial charge >= 0.3 is 5.97 Å². The van der Waals surface area contributed by atoms with Crippen LogP contribution in [-0.2, 0) is 35.3 Å². The van der Waals surface area contributed by atoms with Crippen molar-refractivity contribution in [2.24, 2.45) is 0 Å². The van der Waals surface area contributed by atoms with Gasteiger partial charge in [0.25, 0.3) is 11.3 Å². The molecule has 1 aliphatic rings. The third-order valence-corrected chi connectivity index (χ3v) is 7.02. The van der Waals surface area contributed by atoms with E-state index in [1.54, 1.807) is 12.1 Å². The maximum atomic E-state index is 12.2. The standard InChI is InChI=1S/C25H29NO5S/c27-25(28)22(13-6-2-5-11-18-9-3-1-4-10-18)26(32(29)30)19-15-16-21-20-12-7-8-14-23(20)31-24(21)17-19/h1,3-4,9-10,15-17,22H,2,5-8,11-14H2,(H,27,28)(H,29,30). The monoisotopic (exact) mass is 455 g/mol. The molecule has 0 amide bonds. The van der Waals surface area contributed by atoms with Crippen LogP contribution in [0.5, 0.6) is 0 Å². The second-order valence-electron chi connectivity index (χ2n) is 8.39. The smallest absolute Gasteiger partial charge is 0.327 e. The van der Waals surface area contributed by atoms with Crippen LogP contribution in [0.2, 0.25) is 0 Å². The molecular weight excluding hydrogens is 426 g/mol. The Balaban J connectivity index is 1.46. The fourth-order valence-electron chi connectivity index (χ4n) is 4.60. The van der Waals surface area contributed by atoms with E-state index in [-0.39, 0.29) is 0 Å².